The Morgan fingerprint density at radius 1 is 1.25 bits per heavy atom. The van der Waals surface area contributed by atoms with Crippen molar-refractivity contribution in [3.8, 4) is 0 Å². The van der Waals surface area contributed by atoms with E-state index in [1.165, 1.54) is 0 Å². The Balaban J connectivity index is 1.94. The van der Waals surface area contributed by atoms with Gasteiger partial charge in [-0.25, -0.2) is 0 Å². The predicted molar refractivity (Wildman–Crippen MR) is 80.7 cm³/mol. The van der Waals surface area contributed by atoms with E-state index in [0.717, 1.165) is 10.8 Å². The molecule has 3 N–H and O–H groups in total. The van der Waals surface area contributed by atoms with Gasteiger partial charge in [0.1, 0.15) is 0 Å². The summed E-state index contributed by atoms with van der Waals surface area (Å²) < 4.78 is 4.96. The van der Waals surface area contributed by atoms with Crippen LogP contribution in [0.5, 0.6) is 0 Å². The molecule has 2 aromatic rings. The number of nitrogens with two attached hydrogens (primary N) is 1. The fourth-order valence-corrected chi connectivity index (χ4v) is 2.10. The summed E-state index contributed by atoms with van der Waals surface area (Å²) >= 11 is 0. The van der Waals surface area contributed by atoms with E-state index in [2.05, 4.69) is 5.32 Å². The number of amides is 1. The third-order valence-electron chi connectivity index (χ3n) is 3.19. The minimum Gasteiger partial charge on any atom is -0.383 e. The standard InChI is InChI=1S/C16H20N2O2/c1-20-11-15(17)8-9-18-16(19)14-7-6-12-4-2-3-5-13(12)10-14/h2-7,10,15H,8-9,11,17H2,1H3,(H,18,19). The Labute approximate surface area is 118 Å². The van der Waals surface area contributed by atoms with Crippen molar-refractivity contribution in [2.24, 2.45) is 5.73 Å². The number of hydrogen-bond donors (Lipinski definition) is 2. The van der Waals surface area contributed by atoms with Crippen LogP contribution in [-0.2, 0) is 4.74 Å². The molecule has 106 valence electrons. The van der Waals surface area contributed by atoms with Crippen molar-refractivity contribution in [1.82, 2.24) is 5.32 Å². The summed E-state index contributed by atoms with van der Waals surface area (Å²) in [6, 6.07) is 13.6. The minimum absolute atomic E-state index is 0.0445. The first-order chi connectivity index (χ1) is 9.70. The van der Waals surface area contributed by atoms with Crippen molar-refractivity contribution in [3.63, 3.8) is 0 Å². The van der Waals surface area contributed by atoms with Crippen molar-refractivity contribution in [2.75, 3.05) is 20.3 Å². The fraction of sp³-hybridized carbons (Fsp3) is 0.312. The van der Waals surface area contributed by atoms with Gasteiger partial charge in [0.05, 0.1) is 6.61 Å². The molecule has 0 radical (unpaired) electrons. The molecule has 0 spiro atoms. The van der Waals surface area contributed by atoms with E-state index in [9.17, 15) is 4.79 Å². The largest absolute Gasteiger partial charge is 0.383 e. The Bertz CT molecular complexity index is 583. The number of rotatable bonds is 6. The molecule has 0 aliphatic rings. The first-order valence-electron chi connectivity index (χ1n) is 6.72. The number of benzene rings is 2. The lowest BCUT2D eigenvalue weighted by molar-refractivity contribution is 0.0950. The molecule has 2 rings (SSSR count). The zero-order valence-electron chi connectivity index (χ0n) is 11.6. The number of carbonyl (C=O) groups excluding carboxylic acids is 1. The molecule has 0 aromatic heterocycles. The van der Waals surface area contributed by atoms with Gasteiger partial charge in [0.2, 0.25) is 0 Å². The molecule has 0 bridgehead atoms. The Kier molecular flexibility index (Phi) is 5.09. The van der Waals surface area contributed by atoms with Crippen LogP contribution in [0.3, 0.4) is 0 Å². The highest BCUT2D eigenvalue weighted by atomic mass is 16.5. The highest BCUT2D eigenvalue weighted by Crippen LogP contribution is 2.15. The monoisotopic (exact) mass is 272 g/mol. The molecule has 1 unspecified atom stereocenters. The summed E-state index contributed by atoms with van der Waals surface area (Å²) in [6.45, 7) is 1.06. The molecule has 0 fully saturated rings. The Hall–Kier alpha value is -1.91. The van der Waals surface area contributed by atoms with Crippen LogP contribution in [-0.4, -0.2) is 32.2 Å². The smallest absolute Gasteiger partial charge is 0.251 e. The first kappa shape index (κ1) is 14.5. The molecule has 4 heteroatoms. The average molecular weight is 272 g/mol. The van der Waals surface area contributed by atoms with Gasteiger partial charge in [-0.1, -0.05) is 30.3 Å². The van der Waals surface area contributed by atoms with Gasteiger partial charge >= 0.3 is 0 Å². The van der Waals surface area contributed by atoms with Crippen LogP contribution in [0.2, 0.25) is 0 Å². The van der Waals surface area contributed by atoms with Crippen LogP contribution in [0.1, 0.15) is 16.8 Å². The van der Waals surface area contributed by atoms with E-state index < -0.39 is 0 Å². The molecular weight excluding hydrogens is 252 g/mol. The van der Waals surface area contributed by atoms with Gasteiger partial charge < -0.3 is 15.8 Å². The minimum atomic E-state index is -0.0691. The summed E-state index contributed by atoms with van der Waals surface area (Å²) in [6.07, 6.45) is 0.702. The third-order valence-corrected chi connectivity index (χ3v) is 3.19. The van der Waals surface area contributed by atoms with Crippen molar-refractivity contribution in [3.05, 3.63) is 48.0 Å². The van der Waals surface area contributed by atoms with E-state index in [-0.39, 0.29) is 11.9 Å². The van der Waals surface area contributed by atoms with E-state index >= 15 is 0 Å². The second-order valence-electron chi connectivity index (χ2n) is 4.82. The van der Waals surface area contributed by atoms with Crippen molar-refractivity contribution >= 4 is 16.7 Å². The number of nitrogens with one attached hydrogen (secondary N) is 1. The zero-order chi connectivity index (χ0) is 14.4. The zero-order valence-corrected chi connectivity index (χ0v) is 11.6. The lowest BCUT2D eigenvalue weighted by atomic mass is 10.1. The lowest BCUT2D eigenvalue weighted by Crippen LogP contribution is -2.32. The second kappa shape index (κ2) is 7.03. The molecule has 1 atom stereocenters. The van der Waals surface area contributed by atoms with Gasteiger partial charge in [-0.3, -0.25) is 4.79 Å². The number of methoxy groups -OCH3 is 1. The third kappa shape index (κ3) is 3.79. The van der Waals surface area contributed by atoms with Gasteiger partial charge in [0.25, 0.3) is 5.91 Å². The average Bonchev–Trinajstić information content (AvgIpc) is 2.47. The number of carbonyl (C=O) groups is 1. The summed E-state index contributed by atoms with van der Waals surface area (Å²) in [5.41, 5.74) is 6.48. The van der Waals surface area contributed by atoms with Gasteiger partial charge in [0.15, 0.2) is 0 Å². The maximum Gasteiger partial charge on any atom is 0.251 e. The van der Waals surface area contributed by atoms with Gasteiger partial charge in [-0.15, -0.1) is 0 Å². The van der Waals surface area contributed by atoms with Crippen LogP contribution in [0, 0.1) is 0 Å². The normalized spacial score (nSPS) is 12.3. The molecule has 0 saturated heterocycles. The second-order valence-corrected chi connectivity index (χ2v) is 4.82. The molecule has 0 aliphatic heterocycles. The van der Waals surface area contributed by atoms with E-state index in [1.54, 1.807) is 7.11 Å². The molecule has 0 heterocycles. The van der Waals surface area contributed by atoms with Crippen molar-refractivity contribution < 1.29 is 9.53 Å². The number of fused-ring (bicyclic) bond motifs is 1. The molecule has 1 amide bonds. The summed E-state index contributed by atoms with van der Waals surface area (Å²) in [7, 11) is 1.62. The van der Waals surface area contributed by atoms with E-state index in [0.29, 0.717) is 25.1 Å². The number of ether oxygens (including phenoxy) is 1. The highest BCUT2D eigenvalue weighted by molar-refractivity contribution is 5.98. The molecular formula is C16H20N2O2. The van der Waals surface area contributed by atoms with Crippen molar-refractivity contribution in [1.29, 1.82) is 0 Å². The van der Waals surface area contributed by atoms with Gasteiger partial charge in [-0.05, 0) is 29.3 Å². The molecule has 20 heavy (non-hydrogen) atoms. The van der Waals surface area contributed by atoms with Crippen LogP contribution < -0.4 is 11.1 Å². The lowest BCUT2D eigenvalue weighted by Gasteiger charge is -2.11. The predicted octanol–water partition coefficient (Wildman–Crippen LogP) is 1.93. The van der Waals surface area contributed by atoms with Crippen molar-refractivity contribution in [2.45, 2.75) is 12.5 Å². The highest BCUT2D eigenvalue weighted by Gasteiger charge is 2.07. The van der Waals surface area contributed by atoms with Crippen LogP contribution in [0.25, 0.3) is 10.8 Å². The summed E-state index contributed by atoms with van der Waals surface area (Å²) in [5.74, 6) is -0.0691. The summed E-state index contributed by atoms with van der Waals surface area (Å²) in [5, 5.41) is 5.08. The topological polar surface area (TPSA) is 64.3 Å². The van der Waals surface area contributed by atoms with Gasteiger partial charge in [-0.2, -0.15) is 0 Å². The molecule has 4 nitrogen and oxygen atoms in total. The maximum absolute atomic E-state index is 12.0. The molecule has 0 saturated carbocycles. The molecule has 2 aromatic carbocycles. The van der Waals surface area contributed by atoms with Crippen LogP contribution in [0.15, 0.2) is 42.5 Å². The fourth-order valence-electron chi connectivity index (χ4n) is 2.10. The Morgan fingerprint density at radius 2 is 2.00 bits per heavy atom. The summed E-state index contributed by atoms with van der Waals surface area (Å²) in [4.78, 5) is 12.0. The van der Waals surface area contributed by atoms with Crippen LogP contribution >= 0.6 is 0 Å². The SMILES string of the molecule is COCC(N)CCNC(=O)c1ccc2ccccc2c1. The number of hydrogen-bond acceptors (Lipinski definition) is 3. The molecule has 0 aliphatic carbocycles. The van der Waals surface area contributed by atoms with Gasteiger partial charge in [0, 0.05) is 25.3 Å². The first-order valence-corrected chi connectivity index (χ1v) is 6.72. The quantitative estimate of drug-likeness (QED) is 0.844. The maximum atomic E-state index is 12.0. The van der Waals surface area contributed by atoms with E-state index in [4.69, 9.17) is 10.5 Å². The van der Waals surface area contributed by atoms with Crippen LogP contribution in [0.4, 0.5) is 0 Å². The van der Waals surface area contributed by atoms with E-state index in [1.807, 2.05) is 42.5 Å². The Morgan fingerprint density at radius 3 is 2.75 bits per heavy atom.